The first-order chi connectivity index (χ1) is 12.0. The van der Waals surface area contributed by atoms with Gasteiger partial charge in [-0.2, -0.15) is 13.2 Å². The molecule has 0 atom stereocenters. The van der Waals surface area contributed by atoms with Gasteiger partial charge in [-0.3, -0.25) is 10.1 Å². The molecule has 0 aliphatic heterocycles. The third-order valence-corrected chi connectivity index (χ3v) is 4.00. The van der Waals surface area contributed by atoms with Gasteiger partial charge in [-0.25, -0.2) is 13.6 Å². The molecule has 4 nitrogen and oxygen atoms in total. The van der Waals surface area contributed by atoms with E-state index in [1.807, 2.05) is 5.32 Å². The first kappa shape index (κ1) is 20.1. The fraction of sp³-hybridized carbons (Fsp3) is 0.0667. The maximum atomic E-state index is 13.5. The predicted octanol–water partition coefficient (Wildman–Crippen LogP) is 5.36. The standard InChI is InChI=1S/C15H7BrClF5N2O2/c16-7-5-8(17)11(4-6(7)15(20,21)22)23-14(26)24-13(25)12-9(18)2-1-3-10(12)19/h1-5H,(H2,23,24,25,26). The molecular formula is C15H7BrClF5N2O2. The van der Waals surface area contributed by atoms with E-state index in [9.17, 15) is 31.5 Å². The minimum absolute atomic E-state index is 0.260. The zero-order chi connectivity index (χ0) is 19.6. The largest absolute Gasteiger partial charge is 0.417 e. The summed E-state index contributed by atoms with van der Waals surface area (Å²) >= 11 is 8.45. The molecule has 2 N–H and O–H groups in total. The van der Waals surface area contributed by atoms with Crippen LogP contribution < -0.4 is 10.6 Å². The number of urea groups is 1. The van der Waals surface area contributed by atoms with Crippen LogP contribution in [0.4, 0.5) is 32.4 Å². The number of amides is 3. The molecule has 2 rings (SSSR count). The molecule has 11 heteroatoms. The van der Waals surface area contributed by atoms with E-state index in [0.29, 0.717) is 6.07 Å². The highest BCUT2D eigenvalue weighted by atomic mass is 79.9. The molecule has 2 aromatic carbocycles. The van der Waals surface area contributed by atoms with E-state index in [2.05, 4.69) is 15.9 Å². The summed E-state index contributed by atoms with van der Waals surface area (Å²) in [5, 5.41) is 3.27. The van der Waals surface area contributed by atoms with E-state index in [-0.39, 0.29) is 9.50 Å². The third kappa shape index (κ3) is 4.50. The molecule has 0 aliphatic carbocycles. The Morgan fingerprint density at radius 3 is 2.19 bits per heavy atom. The lowest BCUT2D eigenvalue weighted by molar-refractivity contribution is -0.138. The van der Waals surface area contributed by atoms with Crippen molar-refractivity contribution in [1.82, 2.24) is 5.32 Å². The van der Waals surface area contributed by atoms with Crippen molar-refractivity contribution in [3.63, 3.8) is 0 Å². The summed E-state index contributed by atoms with van der Waals surface area (Å²) in [6.07, 6.45) is -4.73. The van der Waals surface area contributed by atoms with E-state index in [4.69, 9.17) is 11.6 Å². The highest BCUT2D eigenvalue weighted by Gasteiger charge is 2.34. The fourth-order valence-corrected chi connectivity index (χ4v) is 2.81. The van der Waals surface area contributed by atoms with Crippen molar-refractivity contribution in [3.05, 3.63) is 62.6 Å². The molecule has 0 bridgehead atoms. The Hall–Kier alpha value is -2.20. The molecule has 0 spiro atoms. The maximum absolute atomic E-state index is 13.5. The zero-order valence-electron chi connectivity index (χ0n) is 12.3. The van der Waals surface area contributed by atoms with E-state index in [0.717, 1.165) is 24.3 Å². The molecule has 0 saturated heterocycles. The average Bonchev–Trinajstić information content (AvgIpc) is 2.48. The lowest BCUT2D eigenvalue weighted by Crippen LogP contribution is -2.35. The Morgan fingerprint density at radius 2 is 1.65 bits per heavy atom. The van der Waals surface area contributed by atoms with Gasteiger partial charge in [-0.15, -0.1) is 0 Å². The van der Waals surface area contributed by atoms with E-state index >= 15 is 0 Å². The molecule has 26 heavy (non-hydrogen) atoms. The smallest absolute Gasteiger partial charge is 0.306 e. The van der Waals surface area contributed by atoms with Crippen LogP contribution in [0, 0.1) is 11.6 Å². The monoisotopic (exact) mass is 456 g/mol. The van der Waals surface area contributed by atoms with Crippen LogP contribution in [0.1, 0.15) is 15.9 Å². The number of halogens is 7. The molecule has 0 aliphatic rings. The molecule has 0 unspecified atom stereocenters. The number of rotatable bonds is 2. The molecule has 0 heterocycles. The second kappa shape index (κ2) is 7.58. The summed E-state index contributed by atoms with van der Waals surface area (Å²) in [6.45, 7) is 0. The van der Waals surface area contributed by atoms with Gasteiger partial charge >= 0.3 is 12.2 Å². The number of nitrogens with one attached hydrogen (secondary N) is 2. The van der Waals surface area contributed by atoms with Gasteiger partial charge in [0.05, 0.1) is 16.3 Å². The summed E-state index contributed by atoms with van der Waals surface area (Å²) in [7, 11) is 0. The van der Waals surface area contributed by atoms with Crippen LogP contribution in [-0.4, -0.2) is 11.9 Å². The number of carbonyl (C=O) groups is 2. The van der Waals surface area contributed by atoms with Crippen molar-refractivity contribution in [2.75, 3.05) is 5.32 Å². The summed E-state index contributed by atoms with van der Waals surface area (Å²) in [5.41, 5.74) is -2.59. The average molecular weight is 458 g/mol. The van der Waals surface area contributed by atoms with Gasteiger partial charge < -0.3 is 5.32 Å². The number of anilines is 1. The highest BCUT2D eigenvalue weighted by Crippen LogP contribution is 2.39. The van der Waals surface area contributed by atoms with Crippen LogP contribution in [0.2, 0.25) is 5.02 Å². The van der Waals surface area contributed by atoms with Crippen molar-refractivity contribution < 1.29 is 31.5 Å². The number of benzene rings is 2. The lowest BCUT2D eigenvalue weighted by Gasteiger charge is -2.14. The van der Waals surface area contributed by atoms with Gasteiger partial charge in [0.1, 0.15) is 17.2 Å². The summed E-state index contributed by atoms with van der Waals surface area (Å²) in [6, 6.07) is 2.74. The molecule has 0 aromatic heterocycles. The molecule has 3 amide bonds. The van der Waals surface area contributed by atoms with Crippen molar-refractivity contribution in [1.29, 1.82) is 0 Å². The topological polar surface area (TPSA) is 58.2 Å². The fourth-order valence-electron chi connectivity index (χ4n) is 1.90. The van der Waals surface area contributed by atoms with Gasteiger partial charge in [-0.05, 0) is 24.3 Å². The van der Waals surface area contributed by atoms with Gasteiger partial charge in [-0.1, -0.05) is 33.6 Å². The van der Waals surface area contributed by atoms with Crippen LogP contribution in [-0.2, 0) is 6.18 Å². The normalized spacial score (nSPS) is 11.2. The molecule has 138 valence electrons. The quantitative estimate of drug-likeness (QED) is 0.597. The van der Waals surface area contributed by atoms with Crippen molar-refractivity contribution >= 4 is 45.2 Å². The van der Waals surface area contributed by atoms with E-state index in [1.165, 1.54) is 0 Å². The summed E-state index contributed by atoms with van der Waals surface area (Å²) < 4.78 is 65.3. The number of hydrogen-bond acceptors (Lipinski definition) is 2. The van der Waals surface area contributed by atoms with Crippen LogP contribution in [0.25, 0.3) is 0 Å². The first-order valence-corrected chi connectivity index (χ1v) is 7.80. The molecule has 0 fully saturated rings. The Kier molecular flexibility index (Phi) is 5.87. The molecule has 0 saturated carbocycles. The lowest BCUT2D eigenvalue weighted by atomic mass is 10.2. The van der Waals surface area contributed by atoms with Crippen LogP contribution in [0.5, 0.6) is 0 Å². The molecule has 0 radical (unpaired) electrons. The molecule has 2 aromatic rings. The van der Waals surface area contributed by atoms with Gasteiger partial charge in [0, 0.05) is 4.47 Å². The maximum Gasteiger partial charge on any atom is 0.417 e. The zero-order valence-corrected chi connectivity index (χ0v) is 14.7. The van der Waals surface area contributed by atoms with Crippen LogP contribution in [0.15, 0.2) is 34.8 Å². The number of imide groups is 1. The van der Waals surface area contributed by atoms with Gasteiger partial charge in [0.2, 0.25) is 0 Å². The number of carbonyl (C=O) groups excluding carboxylic acids is 2. The first-order valence-electron chi connectivity index (χ1n) is 6.63. The van der Waals surface area contributed by atoms with Crippen LogP contribution >= 0.6 is 27.5 Å². The van der Waals surface area contributed by atoms with E-state index in [1.54, 1.807) is 5.32 Å². The Bertz CT molecular complexity index is 869. The Morgan fingerprint density at radius 1 is 1.08 bits per heavy atom. The predicted molar refractivity (Wildman–Crippen MR) is 87.0 cm³/mol. The molecular weight excluding hydrogens is 451 g/mol. The second-order valence-corrected chi connectivity index (χ2v) is 6.08. The van der Waals surface area contributed by atoms with Crippen molar-refractivity contribution in [2.24, 2.45) is 0 Å². The third-order valence-electron chi connectivity index (χ3n) is 3.03. The number of hydrogen-bond donors (Lipinski definition) is 2. The SMILES string of the molecule is O=C(NC(=O)c1c(F)cccc1F)Nc1cc(C(F)(F)F)c(Br)cc1Cl. The Labute approximate surface area is 156 Å². The van der Waals surface area contributed by atoms with Crippen LogP contribution in [0.3, 0.4) is 0 Å². The minimum Gasteiger partial charge on any atom is -0.306 e. The van der Waals surface area contributed by atoms with Gasteiger partial charge in [0.25, 0.3) is 5.91 Å². The van der Waals surface area contributed by atoms with Crippen molar-refractivity contribution in [2.45, 2.75) is 6.18 Å². The summed E-state index contributed by atoms with van der Waals surface area (Å²) in [4.78, 5) is 23.6. The van der Waals surface area contributed by atoms with Gasteiger partial charge in [0.15, 0.2) is 0 Å². The van der Waals surface area contributed by atoms with Crippen molar-refractivity contribution in [3.8, 4) is 0 Å². The number of alkyl halides is 3. The second-order valence-electron chi connectivity index (χ2n) is 4.81. The summed E-state index contributed by atoms with van der Waals surface area (Å²) in [5.74, 6) is -3.84. The highest BCUT2D eigenvalue weighted by molar-refractivity contribution is 9.10. The Balaban J connectivity index is 2.22. The minimum atomic E-state index is -4.73. The van der Waals surface area contributed by atoms with E-state index < -0.39 is 46.6 Å².